The molecule has 0 spiro atoms. The second-order valence-corrected chi connectivity index (χ2v) is 5.60. The van der Waals surface area contributed by atoms with Crippen molar-refractivity contribution in [1.82, 2.24) is 0 Å². The molecule has 3 rings (SSSR count). The maximum absolute atomic E-state index is 12.4. The van der Waals surface area contributed by atoms with Gasteiger partial charge in [-0.05, 0) is 36.4 Å². The highest BCUT2D eigenvalue weighted by Crippen LogP contribution is 2.37. The monoisotopic (exact) mass is 288 g/mol. The quantitative estimate of drug-likeness (QED) is 0.705. The van der Waals surface area contributed by atoms with Crippen LogP contribution < -0.4 is 0 Å². The van der Waals surface area contributed by atoms with Gasteiger partial charge in [-0.3, -0.25) is 4.79 Å². The fraction of sp³-hybridized carbons (Fsp3) is 0. The molecular weight excluding hydrogens is 280 g/mol. The SMILES string of the molecule is O=C(c1ccc(Cl)cc1)c1sc2ccccc2c1O. The average molecular weight is 289 g/mol. The Balaban J connectivity index is 2.11. The topological polar surface area (TPSA) is 37.3 Å². The average Bonchev–Trinajstić information content (AvgIpc) is 2.77. The van der Waals surface area contributed by atoms with Crippen LogP contribution in [0.5, 0.6) is 5.75 Å². The third-order valence-corrected chi connectivity index (χ3v) is 4.29. The first kappa shape index (κ1) is 12.2. The van der Waals surface area contributed by atoms with Crippen molar-refractivity contribution in [3.05, 3.63) is 64.0 Å². The van der Waals surface area contributed by atoms with Crippen molar-refractivity contribution >= 4 is 38.8 Å². The molecule has 0 saturated heterocycles. The third-order valence-electron chi connectivity index (χ3n) is 2.88. The minimum atomic E-state index is -0.185. The largest absolute Gasteiger partial charge is 0.506 e. The Morgan fingerprint density at radius 3 is 2.42 bits per heavy atom. The Morgan fingerprint density at radius 2 is 1.74 bits per heavy atom. The van der Waals surface area contributed by atoms with Gasteiger partial charge in [-0.2, -0.15) is 0 Å². The minimum absolute atomic E-state index is 0.0561. The zero-order chi connectivity index (χ0) is 13.4. The summed E-state index contributed by atoms with van der Waals surface area (Å²) in [5.41, 5.74) is 0.520. The fourth-order valence-corrected chi connectivity index (χ4v) is 3.10. The molecule has 0 aliphatic carbocycles. The van der Waals surface area contributed by atoms with Gasteiger partial charge in [-0.1, -0.05) is 23.7 Å². The molecule has 2 nitrogen and oxygen atoms in total. The van der Waals surface area contributed by atoms with Gasteiger partial charge in [0.1, 0.15) is 10.6 Å². The summed E-state index contributed by atoms with van der Waals surface area (Å²) in [5, 5.41) is 11.4. The number of hydrogen-bond donors (Lipinski definition) is 1. The van der Waals surface area contributed by atoms with Gasteiger partial charge >= 0.3 is 0 Å². The molecule has 3 aromatic rings. The number of aromatic hydroxyl groups is 1. The van der Waals surface area contributed by atoms with Gasteiger partial charge in [0.15, 0.2) is 0 Å². The summed E-state index contributed by atoms with van der Waals surface area (Å²) in [6.07, 6.45) is 0. The van der Waals surface area contributed by atoms with Gasteiger partial charge in [0.05, 0.1) is 0 Å². The van der Waals surface area contributed by atoms with Crippen molar-refractivity contribution in [1.29, 1.82) is 0 Å². The molecule has 1 aromatic heterocycles. The maximum Gasteiger partial charge on any atom is 0.206 e. The number of halogens is 1. The zero-order valence-corrected chi connectivity index (χ0v) is 11.3. The van der Waals surface area contributed by atoms with Gasteiger partial charge in [0.2, 0.25) is 5.78 Å². The van der Waals surface area contributed by atoms with Crippen molar-refractivity contribution in [2.24, 2.45) is 0 Å². The molecule has 4 heteroatoms. The molecule has 1 N–H and O–H groups in total. The number of hydrogen-bond acceptors (Lipinski definition) is 3. The van der Waals surface area contributed by atoms with E-state index < -0.39 is 0 Å². The molecule has 0 saturated carbocycles. The van der Waals surface area contributed by atoms with Gasteiger partial charge in [0.25, 0.3) is 0 Å². The van der Waals surface area contributed by atoms with Crippen molar-refractivity contribution < 1.29 is 9.90 Å². The molecule has 0 amide bonds. The van der Waals surface area contributed by atoms with E-state index in [1.807, 2.05) is 18.2 Å². The molecule has 0 aliphatic heterocycles. The zero-order valence-electron chi connectivity index (χ0n) is 9.76. The normalized spacial score (nSPS) is 10.8. The third kappa shape index (κ3) is 2.11. The number of ketones is 1. The Bertz CT molecular complexity index is 759. The summed E-state index contributed by atoms with van der Waals surface area (Å²) in [5.74, 6) is -0.129. The lowest BCUT2D eigenvalue weighted by Crippen LogP contribution is -1.98. The summed E-state index contributed by atoms with van der Waals surface area (Å²) < 4.78 is 0.900. The highest BCUT2D eigenvalue weighted by atomic mass is 35.5. The van der Waals surface area contributed by atoms with E-state index >= 15 is 0 Å². The second-order valence-electron chi connectivity index (χ2n) is 4.11. The Hall–Kier alpha value is -1.84. The van der Waals surface area contributed by atoms with Crippen LogP contribution in [0.1, 0.15) is 15.2 Å². The number of thiophene rings is 1. The molecule has 0 aliphatic rings. The molecule has 0 fully saturated rings. The number of rotatable bonds is 2. The number of carbonyl (C=O) groups excluding carboxylic acids is 1. The molecule has 0 unspecified atom stereocenters. The highest BCUT2D eigenvalue weighted by Gasteiger charge is 2.18. The number of fused-ring (bicyclic) bond motifs is 1. The van der Waals surface area contributed by atoms with Crippen molar-refractivity contribution in [2.45, 2.75) is 0 Å². The van der Waals surface area contributed by atoms with Crippen LogP contribution in [-0.2, 0) is 0 Å². The molecular formula is C15H9ClO2S. The summed E-state index contributed by atoms with van der Waals surface area (Å²) in [6, 6.07) is 14.1. The highest BCUT2D eigenvalue weighted by molar-refractivity contribution is 7.21. The lowest BCUT2D eigenvalue weighted by atomic mass is 10.1. The van der Waals surface area contributed by atoms with Gasteiger partial charge < -0.3 is 5.11 Å². The van der Waals surface area contributed by atoms with Crippen LogP contribution in [-0.4, -0.2) is 10.9 Å². The fourth-order valence-electron chi connectivity index (χ4n) is 1.92. The van der Waals surface area contributed by atoms with E-state index in [4.69, 9.17) is 11.6 Å². The molecule has 19 heavy (non-hydrogen) atoms. The standard InChI is InChI=1S/C15H9ClO2S/c16-10-7-5-9(6-8-10)13(17)15-14(18)11-3-1-2-4-12(11)19-15/h1-8,18H. The molecule has 0 atom stereocenters. The first-order chi connectivity index (χ1) is 9.16. The van der Waals surface area contributed by atoms with Gasteiger partial charge in [-0.25, -0.2) is 0 Å². The van der Waals surface area contributed by atoms with Crippen molar-refractivity contribution in [3.8, 4) is 5.75 Å². The van der Waals surface area contributed by atoms with E-state index in [-0.39, 0.29) is 11.5 Å². The van der Waals surface area contributed by atoms with Crippen LogP contribution in [0, 0.1) is 0 Å². The summed E-state index contributed by atoms with van der Waals surface area (Å²) in [7, 11) is 0. The second kappa shape index (κ2) is 4.68. The lowest BCUT2D eigenvalue weighted by molar-refractivity contribution is 0.104. The summed E-state index contributed by atoms with van der Waals surface area (Å²) in [4.78, 5) is 12.7. The first-order valence-corrected chi connectivity index (χ1v) is 6.87. The minimum Gasteiger partial charge on any atom is -0.506 e. The van der Waals surface area contributed by atoms with Crippen LogP contribution in [0.2, 0.25) is 5.02 Å². The van der Waals surface area contributed by atoms with Crippen LogP contribution in [0.15, 0.2) is 48.5 Å². The molecule has 94 valence electrons. The maximum atomic E-state index is 12.4. The first-order valence-electron chi connectivity index (χ1n) is 5.67. The van der Waals surface area contributed by atoms with Gasteiger partial charge in [-0.15, -0.1) is 11.3 Å². The van der Waals surface area contributed by atoms with E-state index in [2.05, 4.69) is 0 Å². The molecule has 0 radical (unpaired) electrons. The van der Waals surface area contributed by atoms with Gasteiger partial charge in [0, 0.05) is 20.7 Å². The lowest BCUT2D eigenvalue weighted by Gasteiger charge is -1.99. The van der Waals surface area contributed by atoms with Crippen LogP contribution in [0.4, 0.5) is 0 Å². The Morgan fingerprint density at radius 1 is 1.05 bits per heavy atom. The Labute approximate surface area is 118 Å². The molecule has 1 heterocycles. The van der Waals surface area contributed by atoms with Crippen LogP contribution >= 0.6 is 22.9 Å². The number of carbonyl (C=O) groups is 1. The Kier molecular flexibility index (Phi) is 3.01. The summed E-state index contributed by atoms with van der Waals surface area (Å²) >= 11 is 7.10. The van der Waals surface area contributed by atoms with E-state index in [1.54, 1.807) is 30.3 Å². The van der Waals surface area contributed by atoms with E-state index in [9.17, 15) is 9.90 Å². The molecule has 2 aromatic carbocycles. The van der Waals surface area contributed by atoms with E-state index in [0.29, 0.717) is 20.8 Å². The smallest absolute Gasteiger partial charge is 0.206 e. The molecule has 0 bridgehead atoms. The van der Waals surface area contributed by atoms with Crippen molar-refractivity contribution in [3.63, 3.8) is 0 Å². The van der Waals surface area contributed by atoms with E-state index in [1.165, 1.54) is 11.3 Å². The number of benzene rings is 2. The van der Waals surface area contributed by atoms with Crippen molar-refractivity contribution in [2.75, 3.05) is 0 Å². The predicted molar refractivity (Wildman–Crippen MR) is 78.4 cm³/mol. The van der Waals surface area contributed by atoms with Crippen LogP contribution in [0.3, 0.4) is 0 Å². The summed E-state index contributed by atoms with van der Waals surface area (Å²) in [6.45, 7) is 0. The van der Waals surface area contributed by atoms with E-state index in [0.717, 1.165) is 4.70 Å². The van der Waals surface area contributed by atoms with Crippen LogP contribution in [0.25, 0.3) is 10.1 Å². The predicted octanol–water partition coefficient (Wildman–Crippen LogP) is 4.49.